The van der Waals surface area contributed by atoms with Crippen molar-refractivity contribution >= 4 is 29.2 Å². The van der Waals surface area contributed by atoms with Gasteiger partial charge >= 0.3 is 5.97 Å². The largest absolute Gasteiger partial charge is 0.463 e. The van der Waals surface area contributed by atoms with Crippen LogP contribution in [0.1, 0.15) is 29.6 Å². The van der Waals surface area contributed by atoms with E-state index in [1.807, 2.05) is 6.92 Å². The van der Waals surface area contributed by atoms with Gasteiger partial charge in [0.15, 0.2) is 0 Å². The zero-order valence-electron chi connectivity index (χ0n) is 11.1. The van der Waals surface area contributed by atoms with Crippen LogP contribution in [0.25, 0.3) is 11.5 Å². The van der Waals surface area contributed by atoms with Gasteiger partial charge in [0.2, 0.25) is 11.7 Å². The van der Waals surface area contributed by atoms with Gasteiger partial charge in [-0.1, -0.05) is 36.5 Å². The number of oxazole rings is 1. The second-order valence-corrected chi connectivity index (χ2v) is 5.07. The number of rotatable bonds is 4. The molecule has 2 aromatic rings. The molecule has 2 rings (SSSR count). The molecule has 0 fully saturated rings. The lowest BCUT2D eigenvalue weighted by atomic mass is 10.2. The molecule has 0 spiro atoms. The van der Waals surface area contributed by atoms with Crippen LogP contribution in [0, 0.1) is 0 Å². The Bertz CT molecular complexity index is 617. The number of halogens is 2. The number of carbonyl (C=O) groups excluding carboxylic acids is 1. The zero-order valence-corrected chi connectivity index (χ0v) is 12.6. The van der Waals surface area contributed by atoms with Gasteiger partial charge in [-0.2, -0.15) is 0 Å². The molecule has 0 N–H and O–H groups in total. The summed E-state index contributed by atoms with van der Waals surface area (Å²) < 4.78 is 10.2. The predicted molar refractivity (Wildman–Crippen MR) is 77.3 cm³/mol. The van der Waals surface area contributed by atoms with E-state index < -0.39 is 5.97 Å². The highest BCUT2D eigenvalue weighted by molar-refractivity contribution is 6.35. The molecule has 1 aromatic carbocycles. The fourth-order valence-corrected chi connectivity index (χ4v) is 2.34. The Balaban J connectivity index is 2.49. The van der Waals surface area contributed by atoms with Crippen LogP contribution >= 0.6 is 23.2 Å². The number of esters is 1. The monoisotopic (exact) mass is 313 g/mol. The molecule has 106 valence electrons. The van der Waals surface area contributed by atoms with E-state index in [0.29, 0.717) is 33.6 Å². The van der Waals surface area contributed by atoms with E-state index in [2.05, 4.69) is 4.98 Å². The number of aryl methyl sites for hydroxylation is 1. The maximum atomic E-state index is 11.7. The summed E-state index contributed by atoms with van der Waals surface area (Å²) in [7, 11) is 1.30. The van der Waals surface area contributed by atoms with Crippen molar-refractivity contribution in [2.24, 2.45) is 0 Å². The van der Waals surface area contributed by atoms with Crippen molar-refractivity contribution < 1.29 is 13.9 Å². The van der Waals surface area contributed by atoms with Gasteiger partial charge in [0.1, 0.15) is 0 Å². The maximum Gasteiger partial charge on any atom is 0.376 e. The molecule has 1 heterocycles. The third-order valence-electron chi connectivity index (χ3n) is 2.66. The molecule has 0 saturated heterocycles. The molecule has 0 atom stereocenters. The number of nitrogens with zero attached hydrogens (tertiary/aromatic N) is 1. The number of ether oxygens (including phenoxy) is 1. The van der Waals surface area contributed by atoms with Crippen LogP contribution < -0.4 is 0 Å². The molecule has 0 radical (unpaired) electrons. The minimum atomic E-state index is -0.541. The SMILES string of the molecule is CCCc1nc(-c2cc(Cl)cc(Cl)c2)oc1C(=O)OC. The number of aromatic nitrogens is 1. The Morgan fingerprint density at radius 1 is 1.30 bits per heavy atom. The molecule has 0 saturated carbocycles. The second kappa shape index (κ2) is 6.29. The molecule has 4 nitrogen and oxygen atoms in total. The Kier molecular flexibility index (Phi) is 4.68. The first-order valence-electron chi connectivity index (χ1n) is 6.09. The van der Waals surface area contributed by atoms with Gasteiger partial charge in [0.05, 0.1) is 12.8 Å². The summed E-state index contributed by atoms with van der Waals surface area (Å²) in [6.45, 7) is 1.99. The van der Waals surface area contributed by atoms with Gasteiger partial charge in [-0.25, -0.2) is 9.78 Å². The van der Waals surface area contributed by atoms with E-state index >= 15 is 0 Å². The second-order valence-electron chi connectivity index (χ2n) is 4.19. The summed E-state index contributed by atoms with van der Waals surface area (Å²) in [6.07, 6.45) is 1.47. The minimum Gasteiger partial charge on any atom is -0.463 e. The van der Waals surface area contributed by atoms with E-state index in [-0.39, 0.29) is 5.76 Å². The van der Waals surface area contributed by atoms with Gasteiger partial charge in [0.25, 0.3) is 0 Å². The van der Waals surface area contributed by atoms with Crippen molar-refractivity contribution in [3.8, 4) is 11.5 Å². The zero-order chi connectivity index (χ0) is 14.7. The smallest absolute Gasteiger partial charge is 0.376 e. The third kappa shape index (κ3) is 3.14. The molecular formula is C14H13Cl2NO3. The first kappa shape index (κ1) is 14.9. The third-order valence-corrected chi connectivity index (χ3v) is 3.10. The van der Waals surface area contributed by atoms with Crippen LogP contribution in [0.2, 0.25) is 10.0 Å². The molecule has 0 unspecified atom stereocenters. The predicted octanol–water partition coefficient (Wildman–Crippen LogP) is 4.39. The van der Waals surface area contributed by atoms with Crippen molar-refractivity contribution in [3.63, 3.8) is 0 Å². The van der Waals surface area contributed by atoms with Crippen molar-refractivity contribution in [2.45, 2.75) is 19.8 Å². The van der Waals surface area contributed by atoms with E-state index in [4.69, 9.17) is 32.4 Å². The van der Waals surface area contributed by atoms with Crippen molar-refractivity contribution in [2.75, 3.05) is 7.11 Å². The Morgan fingerprint density at radius 2 is 1.95 bits per heavy atom. The highest BCUT2D eigenvalue weighted by Crippen LogP contribution is 2.28. The molecular weight excluding hydrogens is 301 g/mol. The minimum absolute atomic E-state index is 0.125. The van der Waals surface area contributed by atoms with Crippen LogP contribution in [0.4, 0.5) is 0 Å². The molecule has 20 heavy (non-hydrogen) atoms. The Hall–Kier alpha value is -1.52. The standard InChI is InChI=1S/C14H13Cl2NO3/c1-3-4-11-12(14(18)19-2)20-13(17-11)8-5-9(15)7-10(16)6-8/h5-7H,3-4H2,1-2H3. The van der Waals surface area contributed by atoms with Gasteiger partial charge in [0, 0.05) is 15.6 Å². The number of hydrogen-bond donors (Lipinski definition) is 0. The number of carbonyl (C=O) groups is 1. The lowest BCUT2D eigenvalue weighted by molar-refractivity contribution is 0.0564. The van der Waals surface area contributed by atoms with Crippen LogP contribution in [0.5, 0.6) is 0 Å². The summed E-state index contributed by atoms with van der Waals surface area (Å²) in [5.41, 5.74) is 1.19. The maximum absolute atomic E-state index is 11.7. The van der Waals surface area contributed by atoms with Gasteiger partial charge in [-0.3, -0.25) is 0 Å². The number of benzene rings is 1. The summed E-state index contributed by atoms with van der Waals surface area (Å²) in [4.78, 5) is 16.0. The van der Waals surface area contributed by atoms with Gasteiger partial charge < -0.3 is 9.15 Å². The summed E-state index contributed by atoms with van der Waals surface area (Å²) >= 11 is 11.9. The van der Waals surface area contributed by atoms with E-state index in [9.17, 15) is 4.79 Å². The summed E-state index contributed by atoms with van der Waals surface area (Å²) in [5, 5.41) is 0.949. The lowest BCUT2D eigenvalue weighted by Crippen LogP contribution is -2.03. The highest BCUT2D eigenvalue weighted by Gasteiger charge is 2.21. The molecule has 0 aliphatic carbocycles. The molecule has 1 aromatic heterocycles. The van der Waals surface area contributed by atoms with Crippen molar-refractivity contribution in [1.29, 1.82) is 0 Å². The van der Waals surface area contributed by atoms with Crippen LogP contribution in [0.3, 0.4) is 0 Å². The van der Waals surface area contributed by atoms with Gasteiger partial charge in [-0.15, -0.1) is 0 Å². The fraction of sp³-hybridized carbons (Fsp3) is 0.286. The average molecular weight is 314 g/mol. The topological polar surface area (TPSA) is 52.3 Å². The summed E-state index contributed by atoms with van der Waals surface area (Å²) in [5.74, 6) is -0.112. The molecule has 6 heteroatoms. The number of hydrogen-bond acceptors (Lipinski definition) is 4. The number of methoxy groups -OCH3 is 1. The van der Waals surface area contributed by atoms with E-state index in [0.717, 1.165) is 6.42 Å². The van der Waals surface area contributed by atoms with Crippen molar-refractivity contribution in [1.82, 2.24) is 4.98 Å². The van der Waals surface area contributed by atoms with E-state index in [1.165, 1.54) is 7.11 Å². The lowest BCUT2D eigenvalue weighted by Gasteiger charge is -1.98. The molecule has 0 amide bonds. The molecule has 0 aliphatic heterocycles. The highest BCUT2D eigenvalue weighted by atomic mass is 35.5. The fourth-order valence-electron chi connectivity index (χ4n) is 1.81. The summed E-state index contributed by atoms with van der Waals surface area (Å²) in [6, 6.07) is 4.97. The average Bonchev–Trinajstić information content (AvgIpc) is 2.81. The molecule has 0 aliphatic rings. The normalized spacial score (nSPS) is 10.6. The van der Waals surface area contributed by atoms with Gasteiger partial charge in [-0.05, 0) is 24.6 Å². The van der Waals surface area contributed by atoms with E-state index in [1.54, 1.807) is 18.2 Å². The van der Waals surface area contributed by atoms with Crippen LogP contribution in [0.15, 0.2) is 22.6 Å². The molecule has 0 bridgehead atoms. The first-order valence-corrected chi connectivity index (χ1v) is 6.85. The Morgan fingerprint density at radius 3 is 2.50 bits per heavy atom. The van der Waals surface area contributed by atoms with Crippen molar-refractivity contribution in [3.05, 3.63) is 39.7 Å². The quantitative estimate of drug-likeness (QED) is 0.786. The van der Waals surface area contributed by atoms with Crippen LogP contribution in [-0.2, 0) is 11.2 Å². The first-order chi connectivity index (χ1) is 9.55. The Labute approximate surface area is 126 Å². The van der Waals surface area contributed by atoms with Crippen LogP contribution in [-0.4, -0.2) is 18.1 Å².